The van der Waals surface area contributed by atoms with Crippen LogP contribution in [0.1, 0.15) is 18.4 Å². The number of rotatable bonds is 4. The molecule has 110 valence electrons. The number of halogens is 1. The molecule has 1 aromatic carbocycles. The van der Waals surface area contributed by atoms with Crippen LogP contribution in [0.25, 0.3) is 10.9 Å². The molecule has 0 amide bonds. The number of hydrogen-bond donors (Lipinski definition) is 1. The van der Waals surface area contributed by atoms with Gasteiger partial charge < -0.3 is 9.84 Å². The predicted molar refractivity (Wildman–Crippen MR) is 79.5 cm³/mol. The van der Waals surface area contributed by atoms with Gasteiger partial charge in [0.2, 0.25) is 0 Å². The zero-order valence-corrected chi connectivity index (χ0v) is 12.1. The summed E-state index contributed by atoms with van der Waals surface area (Å²) in [6.07, 6.45) is 2.50. The summed E-state index contributed by atoms with van der Waals surface area (Å²) in [5.41, 5.74) is 1.78. The highest BCUT2D eigenvalue weighted by molar-refractivity contribution is 6.35. The van der Waals surface area contributed by atoms with Crippen molar-refractivity contribution >= 4 is 28.5 Å². The first-order valence-electron chi connectivity index (χ1n) is 6.78. The van der Waals surface area contributed by atoms with Crippen LogP contribution in [0.3, 0.4) is 0 Å². The lowest BCUT2D eigenvalue weighted by atomic mass is 10.1. The third-order valence-corrected chi connectivity index (χ3v) is 3.84. The molecule has 1 aliphatic rings. The lowest BCUT2D eigenvalue weighted by molar-refractivity contribution is -0.137. The average Bonchev–Trinajstić information content (AvgIpc) is 2.47. The molecule has 1 aliphatic heterocycles. The van der Waals surface area contributed by atoms with Gasteiger partial charge in [0.1, 0.15) is 12.2 Å². The maximum absolute atomic E-state index is 10.6. The summed E-state index contributed by atoms with van der Waals surface area (Å²) in [5.74, 6) is 0.0102. The first-order chi connectivity index (χ1) is 10.1. The summed E-state index contributed by atoms with van der Waals surface area (Å²) < 4.78 is 5.82. The molecule has 0 saturated carbocycles. The molecule has 21 heavy (non-hydrogen) atoms. The Morgan fingerprint density at radius 3 is 3.19 bits per heavy atom. The van der Waals surface area contributed by atoms with Crippen molar-refractivity contribution in [2.45, 2.75) is 19.4 Å². The molecule has 0 aliphatic carbocycles. The average molecular weight is 307 g/mol. The first kappa shape index (κ1) is 14.1. The quantitative estimate of drug-likeness (QED) is 0.941. The van der Waals surface area contributed by atoms with Crippen LogP contribution in [-0.4, -0.2) is 34.2 Å². The Morgan fingerprint density at radius 1 is 1.52 bits per heavy atom. The van der Waals surface area contributed by atoms with Crippen molar-refractivity contribution in [2.24, 2.45) is 0 Å². The summed E-state index contributed by atoms with van der Waals surface area (Å²) in [6.45, 7) is 1.82. The van der Waals surface area contributed by atoms with E-state index in [4.69, 9.17) is 21.4 Å². The molecule has 0 unspecified atom stereocenters. The molecule has 1 aromatic heterocycles. The Labute approximate surface area is 127 Å². The molecule has 5 nitrogen and oxygen atoms in total. The van der Waals surface area contributed by atoms with Gasteiger partial charge in [0.05, 0.1) is 5.02 Å². The van der Waals surface area contributed by atoms with Crippen LogP contribution in [0.5, 0.6) is 5.75 Å². The molecule has 6 heteroatoms. The summed E-state index contributed by atoms with van der Waals surface area (Å²) in [5, 5.41) is 10.2. The third-order valence-electron chi connectivity index (χ3n) is 3.52. The molecule has 2 heterocycles. The highest BCUT2D eigenvalue weighted by atomic mass is 35.5. The van der Waals surface area contributed by atoms with Crippen LogP contribution < -0.4 is 4.74 Å². The van der Waals surface area contributed by atoms with Crippen LogP contribution >= 0.6 is 11.6 Å². The Bertz CT molecular complexity index is 690. The van der Waals surface area contributed by atoms with Crippen molar-refractivity contribution in [3.63, 3.8) is 0 Å². The minimum absolute atomic E-state index is 0.170. The number of aromatic nitrogens is 1. The lowest BCUT2D eigenvalue weighted by Crippen LogP contribution is -2.33. The van der Waals surface area contributed by atoms with E-state index in [1.165, 1.54) is 0 Å². The number of carbonyl (C=O) groups is 1. The standard InChI is InChI=1S/C15H15ClN2O3/c16-12-7-10-8-18(6-2-4-13(19)20)9-21-15(10)14-11(12)3-1-5-17-14/h1,3,5,7H,2,4,6,8-9H2,(H,19,20). The van der Waals surface area contributed by atoms with Gasteiger partial charge in [0.15, 0.2) is 5.75 Å². The van der Waals surface area contributed by atoms with Crippen LogP contribution in [0.2, 0.25) is 5.02 Å². The largest absolute Gasteiger partial charge is 0.481 e. The van der Waals surface area contributed by atoms with E-state index in [-0.39, 0.29) is 6.42 Å². The SMILES string of the molecule is O=C(O)CCCN1COc2c(cc(Cl)c3cccnc23)C1. The number of nitrogens with zero attached hydrogens (tertiary/aromatic N) is 2. The molecule has 1 N–H and O–H groups in total. The van der Waals surface area contributed by atoms with Crippen LogP contribution in [0.15, 0.2) is 24.4 Å². The summed E-state index contributed by atoms with van der Waals surface area (Å²) in [7, 11) is 0. The molecular formula is C15H15ClN2O3. The molecule has 2 aromatic rings. The summed E-state index contributed by atoms with van der Waals surface area (Å²) in [6, 6.07) is 5.68. The number of aliphatic carboxylic acids is 1. The van der Waals surface area contributed by atoms with E-state index in [0.717, 1.165) is 22.2 Å². The van der Waals surface area contributed by atoms with Gasteiger partial charge in [0, 0.05) is 36.7 Å². The second kappa shape index (κ2) is 5.87. The minimum atomic E-state index is -0.772. The van der Waals surface area contributed by atoms with Crippen molar-refractivity contribution in [1.82, 2.24) is 9.88 Å². The number of carboxylic acid groups (broad SMARTS) is 1. The predicted octanol–water partition coefficient (Wildman–Crippen LogP) is 2.90. The van der Waals surface area contributed by atoms with Crippen LogP contribution in [-0.2, 0) is 11.3 Å². The normalized spacial score (nSPS) is 14.7. The fraction of sp³-hybridized carbons (Fsp3) is 0.333. The van der Waals surface area contributed by atoms with E-state index in [1.807, 2.05) is 18.2 Å². The molecule has 0 saturated heterocycles. The van der Waals surface area contributed by atoms with Gasteiger partial charge in [-0.1, -0.05) is 11.6 Å². The summed E-state index contributed by atoms with van der Waals surface area (Å²) >= 11 is 6.30. The molecule has 0 bridgehead atoms. The highest BCUT2D eigenvalue weighted by Crippen LogP contribution is 2.36. The molecular weight excluding hydrogens is 292 g/mol. The topological polar surface area (TPSA) is 62.7 Å². The highest BCUT2D eigenvalue weighted by Gasteiger charge is 2.21. The Morgan fingerprint density at radius 2 is 2.38 bits per heavy atom. The number of hydrogen-bond acceptors (Lipinski definition) is 4. The molecule has 3 rings (SSSR count). The number of carboxylic acids is 1. The van der Waals surface area contributed by atoms with Gasteiger partial charge in [-0.05, 0) is 24.6 Å². The monoisotopic (exact) mass is 306 g/mol. The van der Waals surface area contributed by atoms with E-state index in [1.54, 1.807) is 6.20 Å². The Kier molecular flexibility index (Phi) is 3.94. The van der Waals surface area contributed by atoms with Crippen LogP contribution in [0.4, 0.5) is 0 Å². The maximum atomic E-state index is 10.6. The number of pyridine rings is 1. The van der Waals surface area contributed by atoms with Crippen molar-refractivity contribution in [3.05, 3.63) is 35.0 Å². The second-order valence-corrected chi connectivity index (χ2v) is 5.48. The first-order valence-corrected chi connectivity index (χ1v) is 7.16. The number of fused-ring (bicyclic) bond motifs is 3. The number of ether oxygens (including phenoxy) is 1. The van der Waals surface area contributed by atoms with Gasteiger partial charge in [-0.2, -0.15) is 0 Å². The third kappa shape index (κ3) is 2.94. The van der Waals surface area contributed by atoms with Gasteiger partial charge in [0.25, 0.3) is 0 Å². The fourth-order valence-corrected chi connectivity index (χ4v) is 2.83. The van der Waals surface area contributed by atoms with Gasteiger partial charge in [-0.15, -0.1) is 0 Å². The fourth-order valence-electron chi connectivity index (χ4n) is 2.55. The zero-order chi connectivity index (χ0) is 14.8. The molecule has 0 atom stereocenters. The van der Waals surface area contributed by atoms with Crippen molar-refractivity contribution in [2.75, 3.05) is 13.3 Å². The smallest absolute Gasteiger partial charge is 0.303 e. The van der Waals surface area contributed by atoms with Crippen molar-refractivity contribution in [3.8, 4) is 5.75 Å². The molecule has 0 spiro atoms. The maximum Gasteiger partial charge on any atom is 0.303 e. The van der Waals surface area contributed by atoms with E-state index in [9.17, 15) is 4.79 Å². The van der Waals surface area contributed by atoms with Crippen molar-refractivity contribution in [1.29, 1.82) is 0 Å². The van der Waals surface area contributed by atoms with Crippen LogP contribution in [0, 0.1) is 0 Å². The van der Waals surface area contributed by atoms with E-state index < -0.39 is 5.97 Å². The second-order valence-electron chi connectivity index (χ2n) is 5.07. The van der Waals surface area contributed by atoms with E-state index in [0.29, 0.717) is 31.3 Å². The molecule has 0 radical (unpaired) electrons. The van der Waals surface area contributed by atoms with Gasteiger partial charge >= 0.3 is 5.97 Å². The summed E-state index contributed by atoms with van der Waals surface area (Å²) in [4.78, 5) is 17.0. The number of benzene rings is 1. The van der Waals surface area contributed by atoms with E-state index >= 15 is 0 Å². The van der Waals surface area contributed by atoms with Gasteiger partial charge in [-0.3, -0.25) is 14.7 Å². The minimum Gasteiger partial charge on any atom is -0.481 e. The zero-order valence-electron chi connectivity index (χ0n) is 11.4. The Hall–Kier alpha value is -1.85. The Balaban J connectivity index is 1.82. The van der Waals surface area contributed by atoms with E-state index in [2.05, 4.69) is 9.88 Å². The lowest BCUT2D eigenvalue weighted by Gasteiger charge is -2.29. The molecule has 0 fully saturated rings. The van der Waals surface area contributed by atoms with Crippen molar-refractivity contribution < 1.29 is 14.6 Å². The van der Waals surface area contributed by atoms with Gasteiger partial charge in [-0.25, -0.2) is 0 Å².